The molecule has 0 fully saturated rings. The van der Waals surface area contributed by atoms with Gasteiger partial charge >= 0.3 is 5.97 Å². The number of ether oxygens (including phenoxy) is 1. The molecule has 2 N–H and O–H groups in total. The Hall–Kier alpha value is -1.62. The number of esters is 1. The molecule has 0 aliphatic carbocycles. The first-order valence-electron chi connectivity index (χ1n) is 4.66. The second-order valence-corrected chi connectivity index (χ2v) is 3.04. The largest absolute Gasteiger partial charge is 0.459 e. The van der Waals surface area contributed by atoms with E-state index in [4.69, 9.17) is 9.84 Å². The van der Waals surface area contributed by atoms with Crippen molar-refractivity contribution in [3.8, 4) is 0 Å². The standard InChI is InChI=1S/C10H13NO4/c12-5-1-2-10(14)15-7-9-4-3-8(6-13)11-9/h3-4,6,11-12H,1-2,5,7H2. The topological polar surface area (TPSA) is 79.4 Å². The highest BCUT2D eigenvalue weighted by Crippen LogP contribution is 2.02. The number of carbonyl (C=O) groups is 2. The summed E-state index contributed by atoms with van der Waals surface area (Å²) in [6.07, 6.45) is 1.30. The zero-order chi connectivity index (χ0) is 11.1. The normalized spacial score (nSPS) is 9.93. The van der Waals surface area contributed by atoms with E-state index in [1.807, 2.05) is 0 Å². The summed E-state index contributed by atoms with van der Waals surface area (Å²) in [5, 5.41) is 8.48. The molecule has 0 aliphatic rings. The molecule has 0 unspecified atom stereocenters. The first-order chi connectivity index (χ1) is 7.26. The van der Waals surface area contributed by atoms with Crippen LogP contribution in [0.15, 0.2) is 12.1 Å². The summed E-state index contributed by atoms with van der Waals surface area (Å²) in [4.78, 5) is 24.1. The number of aliphatic hydroxyl groups excluding tert-OH is 1. The van der Waals surface area contributed by atoms with E-state index >= 15 is 0 Å². The number of aromatic amines is 1. The lowest BCUT2D eigenvalue weighted by atomic mass is 10.3. The molecule has 1 heterocycles. The molecule has 1 aromatic heterocycles. The van der Waals surface area contributed by atoms with Crippen molar-refractivity contribution >= 4 is 12.3 Å². The van der Waals surface area contributed by atoms with E-state index in [0.29, 0.717) is 24.1 Å². The van der Waals surface area contributed by atoms with Crippen molar-refractivity contribution in [3.05, 3.63) is 23.5 Å². The van der Waals surface area contributed by atoms with Crippen LogP contribution >= 0.6 is 0 Å². The Kier molecular flexibility index (Phi) is 4.56. The van der Waals surface area contributed by atoms with Crippen molar-refractivity contribution in [1.29, 1.82) is 0 Å². The summed E-state index contributed by atoms with van der Waals surface area (Å²) < 4.78 is 4.89. The van der Waals surface area contributed by atoms with Crippen LogP contribution in [0, 0.1) is 0 Å². The monoisotopic (exact) mass is 211 g/mol. The molecule has 82 valence electrons. The molecule has 1 aromatic rings. The van der Waals surface area contributed by atoms with Crippen molar-refractivity contribution in [3.63, 3.8) is 0 Å². The van der Waals surface area contributed by atoms with Gasteiger partial charge in [0.15, 0.2) is 6.29 Å². The number of aldehydes is 1. The minimum Gasteiger partial charge on any atom is -0.459 e. The average Bonchev–Trinajstić information content (AvgIpc) is 2.71. The van der Waals surface area contributed by atoms with Gasteiger partial charge in [-0.05, 0) is 18.6 Å². The SMILES string of the molecule is O=Cc1ccc(COC(=O)CCCO)[nH]1. The highest BCUT2D eigenvalue weighted by molar-refractivity contribution is 5.72. The Balaban J connectivity index is 2.30. The first-order valence-corrected chi connectivity index (χ1v) is 4.66. The maximum atomic E-state index is 11.0. The van der Waals surface area contributed by atoms with Crippen LogP contribution in [0.4, 0.5) is 0 Å². The van der Waals surface area contributed by atoms with Crippen molar-refractivity contribution in [2.45, 2.75) is 19.4 Å². The van der Waals surface area contributed by atoms with Crippen LogP contribution in [-0.2, 0) is 16.1 Å². The maximum Gasteiger partial charge on any atom is 0.306 e. The van der Waals surface area contributed by atoms with Gasteiger partial charge in [-0.2, -0.15) is 0 Å². The van der Waals surface area contributed by atoms with E-state index in [1.54, 1.807) is 12.1 Å². The third kappa shape index (κ3) is 3.95. The minimum absolute atomic E-state index is 0.0209. The number of aromatic nitrogens is 1. The van der Waals surface area contributed by atoms with Gasteiger partial charge in [0, 0.05) is 13.0 Å². The molecule has 0 amide bonds. The molecule has 0 spiro atoms. The highest BCUT2D eigenvalue weighted by atomic mass is 16.5. The predicted molar refractivity (Wildman–Crippen MR) is 52.3 cm³/mol. The summed E-state index contributed by atoms with van der Waals surface area (Å²) in [6, 6.07) is 3.30. The number of carbonyl (C=O) groups excluding carboxylic acids is 2. The van der Waals surface area contributed by atoms with Gasteiger partial charge in [0.2, 0.25) is 0 Å². The van der Waals surface area contributed by atoms with Crippen molar-refractivity contribution in [2.75, 3.05) is 6.61 Å². The summed E-state index contributed by atoms with van der Waals surface area (Å²) in [5.41, 5.74) is 1.13. The van der Waals surface area contributed by atoms with E-state index in [1.165, 1.54) is 0 Å². The van der Waals surface area contributed by atoms with Gasteiger partial charge in [0.25, 0.3) is 0 Å². The number of aliphatic hydroxyl groups is 1. The number of H-pyrrole nitrogens is 1. The Labute approximate surface area is 87.1 Å². The molecule has 0 bridgehead atoms. The summed E-state index contributed by atoms with van der Waals surface area (Å²) in [7, 11) is 0. The van der Waals surface area contributed by atoms with Crippen LogP contribution in [0.3, 0.4) is 0 Å². The Morgan fingerprint density at radius 2 is 2.33 bits per heavy atom. The summed E-state index contributed by atoms with van der Waals surface area (Å²) in [5.74, 6) is -0.355. The molecule has 0 saturated heterocycles. The maximum absolute atomic E-state index is 11.0. The molecule has 15 heavy (non-hydrogen) atoms. The van der Waals surface area contributed by atoms with E-state index in [0.717, 1.165) is 0 Å². The zero-order valence-corrected chi connectivity index (χ0v) is 8.23. The van der Waals surface area contributed by atoms with Crippen LogP contribution in [0.2, 0.25) is 0 Å². The quantitative estimate of drug-likeness (QED) is 0.534. The minimum atomic E-state index is -0.355. The molecule has 0 aromatic carbocycles. The Morgan fingerprint density at radius 3 is 2.93 bits per heavy atom. The fraction of sp³-hybridized carbons (Fsp3) is 0.400. The second kappa shape index (κ2) is 5.98. The zero-order valence-electron chi connectivity index (χ0n) is 8.23. The molecular weight excluding hydrogens is 198 g/mol. The van der Waals surface area contributed by atoms with Crippen LogP contribution in [0.25, 0.3) is 0 Å². The van der Waals surface area contributed by atoms with Crippen LogP contribution < -0.4 is 0 Å². The fourth-order valence-electron chi connectivity index (χ4n) is 1.07. The fourth-order valence-corrected chi connectivity index (χ4v) is 1.07. The molecule has 0 aliphatic heterocycles. The van der Waals surface area contributed by atoms with Crippen LogP contribution in [0.1, 0.15) is 29.0 Å². The van der Waals surface area contributed by atoms with Gasteiger partial charge in [0.05, 0.1) is 11.4 Å². The molecule has 1 rings (SSSR count). The third-order valence-electron chi connectivity index (χ3n) is 1.82. The van der Waals surface area contributed by atoms with E-state index < -0.39 is 0 Å². The third-order valence-corrected chi connectivity index (χ3v) is 1.82. The second-order valence-electron chi connectivity index (χ2n) is 3.04. The number of hydrogen-bond acceptors (Lipinski definition) is 4. The molecule has 5 nitrogen and oxygen atoms in total. The van der Waals surface area contributed by atoms with Gasteiger partial charge in [-0.15, -0.1) is 0 Å². The van der Waals surface area contributed by atoms with Crippen molar-refractivity contribution in [1.82, 2.24) is 4.98 Å². The summed E-state index contributed by atoms with van der Waals surface area (Å²) >= 11 is 0. The predicted octanol–water partition coefficient (Wildman–Crippen LogP) is 0.643. The molecule has 0 saturated carbocycles. The van der Waals surface area contributed by atoms with Crippen LogP contribution in [-0.4, -0.2) is 29.0 Å². The molecular formula is C10H13NO4. The van der Waals surface area contributed by atoms with Gasteiger partial charge in [-0.1, -0.05) is 0 Å². The van der Waals surface area contributed by atoms with Gasteiger partial charge in [-0.25, -0.2) is 0 Å². The Bertz CT molecular complexity index is 332. The molecule has 5 heteroatoms. The lowest BCUT2D eigenvalue weighted by Crippen LogP contribution is -2.05. The van der Waals surface area contributed by atoms with Gasteiger partial charge < -0.3 is 14.8 Å². The Morgan fingerprint density at radius 1 is 1.53 bits per heavy atom. The van der Waals surface area contributed by atoms with E-state index in [-0.39, 0.29) is 25.6 Å². The van der Waals surface area contributed by atoms with E-state index in [9.17, 15) is 9.59 Å². The molecule has 0 atom stereocenters. The molecule has 0 radical (unpaired) electrons. The van der Waals surface area contributed by atoms with Crippen molar-refractivity contribution < 1.29 is 19.4 Å². The average molecular weight is 211 g/mol. The van der Waals surface area contributed by atoms with E-state index in [2.05, 4.69) is 4.98 Å². The number of rotatable bonds is 6. The number of hydrogen-bond donors (Lipinski definition) is 2. The first kappa shape index (κ1) is 11.5. The highest BCUT2D eigenvalue weighted by Gasteiger charge is 2.03. The van der Waals surface area contributed by atoms with Gasteiger partial charge in [0.1, 0.15) is 6.61 Å². The van der Waals surface area contributed by atoms with Crippen molar-refractivity contribution in [2.24, 2.45) is 0 Å². The lowest BCUT2D eigenvalue weighted by Gasteiger charge is -2.01. The van der Waals surface area contributed by atoms with Crippen LogP contribution in [0.5, 0.6) is 0 Å². The van der Waals surface area contributed by atoms with Gasteiger partial charge in [-0.3, -0.25) is 9.59 Å². The lowest BCUT2D eigenvalue weighted by molar-refractivity contribution is -0.145. The summed E-state index contributed by atoms with van der Waals surface area (Å²) in [6.45, 7) is 0.102. The number of nitrogens with one attached hydrogen (secondary N) is 1. The smallest absolute Gasteiger partial charge is 0.306 e.